The minimum Gasteiger partial charge on any atom is -0.324 e. The average Bonchev–Trinajstić information content (AvgIpc) is 2.39. The Morgan fingerprint density at radius 3 is 2.30 bits per heavy atom. The fourth-order valence-electron chi connectivity index (χ4n) is 2.25. The molecule has 0 aliphatic carbocycles. The Morgan fingerprint density at radius 1 is 1.10 bits per heavy atom. The molecule has 0 saturated carbocycles. The first-order chi connectivity index (χ1) is 9.38. The number of benzene rings is 2. The van der Waals surface area contributed by atoms with E-state index in [4.69, 9.17) is 5.73 Å². The van der Waals surface area contributed by atoms with Gasteiger partial charge in [0.1, 0.15) is 5.82 Å². The zero-order valence-electron chi connectivity index (χ0n) is 11.4. The Hall–Kier alpha value is -0.710. The van der Waals surface area contributed by atoms with Gasteiger partial charge in [0.25, 0.3) is 0 Å². The van der Waals surface area contributed by atoms with E-state index in [1.54, 1.807) is 12.1 Å². The third kappa shape index (κ3) is 3.48. The Bertz CT molecular complexity index is 617. The first-order valence-electron chi connectivity index (χ1n) is 6.34. The van der Waals surface area contributed by atoms with Crippen molar-refractivity contribution in [2.24, 2.45) is 5.73 Å². The van der Waals surface area contributed by atoms with Crippen LogP contribution < -0.4 is 5.73 Å². The number of halogens is 3. The van der Waals surface area contributed by atoms with Crippen LogP contribution >= 0.6 is 31.9 Å². The van der Waals surface area contributed by atoms with Crippen LogP contribution in [0.25, 0.3) is 0 Å². The Morgan fingerprint density at radius 2 is 1.70 bits per heavy atom. The maximum Gasteiger partial charge on any atom is 0.126 e. The lowest BCUT2D eigenvalue weighted by molar-refractivity contribution is 0.592. The van der Waals surface area contributed by atoms with Crippen molar-refractivity contribution in [1.29, 1.82) is 0 Å². The molecule has 1 unspecified atom stereocenters. The van der Waals surface area contributed by atoms with Gasteiger partial charge in [-0.2, -0.15) is 0 Å². The summed E-state index contributed by atoms with van der Waals surface area (Å²) >= 11 is 6.90. The van der Waals surface area contributed by atoms with Crippen molar-refractivity contribution >= 4 is 31.9 Å². The lowest BCUT2D eigenvalue weighted by atomic mass is 9.96. The summed E-state index contributed by atoms with van der Waals surface area (Å²) in [6, 6.07) is 8.83. The monoisotopic (exact) mass is 399 g/mol. The molecule has 0 bridgehead atoms. The van der Waals surface area contributed by atoms with Gasteiger partial charge in [-0.05, 0) is 60.7 Å². The predicted octanol–water partition coefficient (Wildman–Crippen LogP) is 5.21. The molecule has 0 aliphatic heterocycles. The molecule has 0 radical (unpaired) electrons. The van der Waals surface area contributed by atoms with Crippen LogP contribution in [0.3, 0.4) is 0 Å². The molecule has 4 heteroatoms. The van der Waals surface area contributed by atoms with Crippen LogP contribution in [0.15, 0.2) is 39.3 Å². The highest BCUT2D eigenvalue weighted by atomic mass is 79.9. The van der Waals surface area contributed by atoms with Crippen LogP contribution in [0.5, 0.6) is 0 Å². The molecule has 0 spiro atoms. The summed E-state index contributed by atoms with van der Waals surface area (Å²) in [5.41, 5.74) is 10.2. The fraction of sp³-hybridized carbons (Fsp3) is 0.250. The van der Waals surface area contributed by atoms with Crippen molar-refractivity contribution < 1.29 is 4.39 Å². The van der Waals surface area contributed by atoms with Gasteiger partial charge in [0.15, 0.2) is 0 Å². The minimum absolute atomic E-state index is 0.214. The van der Waals surface area contributed by atoms with E-state index in [-0.39, 0.29) is 11.9 Å². The minimum atomic E-state index is -0.218. The van der Waals surface area contributed by atoms with Crippen molar-refractivity contribution in [1.82, 2.24) is 0 Å². The van der Waals surface area contributed by atoms with Gasteiger partial charge in [-0.1, -0.05) is 44.0 Å². The van der Waals surface area contributed by atoms with Gasteiger partial charge in [-0.25, -0.2) is 4.39 Å². The highest BCUT2D eigenvalue weighted by Gasteiger charge is 2.13. The summed E-state index contributed by atoms with van der Waals surface area (Å²) in [5, 5.41) is 0. The zero-order chi connectivity index (χ0) is 14.9. The van der Waals surface area contributed by atoms with Crippen molar-refractivity contribution in [2.75, 3.05) is 0 Å². The van der Waals surface area contributed by atoms with E-state index in [1.165, 1.54) is 6.07 Å². The van der Waals surface area contributed by atoms with E-state index in [0.717, 1.165) is 25.6 Å². The van der Waals surface area contributed by atoms with E-state index in [1.807, 2.05) is 13.8 Å². The first-order valence-corrected chi connectivity index (χ1v) is 7.93. The van der Waals surface area contributed by atoms with Crippen LogP contribution in [-0.2, 0) is 6.42 Å². The maximum absolute atomic E-state index is 13.8. The van der Waals surface area contributed by atoms with E-state index in [0.29, 0.717) is 12.0 Å². The number of rotatable bonds is 3. The van der Waals surface area contributed by atoms with Crippen LogP contribution in [0.4, 0.5) is 4.39 Å². The molecule has 0 heterocycles. The summed E-state index contributed by atoms with van der Waals surface area (Å²) < 4.78 is 15.7. The highest BCUT2D eigenvalue weighted by Crippen LogP contribution is 2.27. The summed E-state index contributed by atoms with van der Waals surface area (Å²) in [7, 11) is 0. The summed E-state index contributed by atoms with van der Waals surface area (Å²) in [5.74, 6) is -0.214. The molecular weight excluding hydrogens is 385 g/mol. The fourth-order valence-corrected chi connectivity index (χ4v) is 2.89. The highest BCUT2D eigenvalue weighted by molar-refractivity contribution is 9.10. The molecule has 1 atom stereocenters. The summed E-state index contributed by atoms with van der Waals surface area (Å²) in [6.45, 7) is 4.07. The Kier molecular flexibility index (Phi) is 4.99. The standard InChI is InChI=1S/C16H16Br2FN/c1-9-5-12(6-10(2)16(9)18)15(20)8-11-7-13(17)3-4-14(11)19/h3-7,15H,8,20H2,1-2H3. The van der Waals surface area contributed by atoms with Gasteiger partial charge in [-0.3, -0.25) is 0 Å². The first kappa shape index (κ1) is 15.7. The van der Waals surface area contributed by atoms with Crippen molar-refractivity contribution in [2.45, 2.75) is 26.3 Å². The molecule has 2 rings (SSSR count). The van der Waals surface area contributed by atoms with E-state index < -0.39 is 0 Å². The van der Waals surface area contributed by atoms with Crippen LogP contribution in [-0.4, -0.2) is 0 Å². The van der Waals surface area contributed by atoms with E-state index in [2.05, 4.69) is 44.0 Å². The van der Waals surface area contributed by atoms with Crippen LogP contribution in [0, 0.1) is 19.7 Å². The van der Waals surface area contributed by atoms with E-state index >= 15 is 0 Å². The molecule has 0 fully saturated rings. The topological polar surface area (TPSA) is 26.0 Å². The van der Waals surface area contributed by atoms with E-state index in [9.17, 15) is 4.39 Å². The summed E-state index contributed by atoms with van der Waals surface area (Å²) in [4.78, 5) is 0. The lowest BCUT2D eigenvalue weighted by Crippen LogP contribution is -2.14. The Labute approximate surface area is 135 Å². The molecule has 0 amide bonds. The second-order valence-corrected chi connectivity index (χ2v) is 6.72. The molecule has 1 nitrogen and oxygen atoms in total. The molecule has 0 saturated heterocycles. The number of nitrogens with two attached hydrogens (primary N) is 1. The van der Waals surface area contributed by atoms with Crippen molar-refractivity contribution in [3.8, 4) is 0 Å². The molecule has 0 aromatic heterocycles. The maximum atomic E-state index is 13.8. The third-order valence-corrected chi connectivity index (χ3v) is 5.08. The molecule has 2 aromatic carbocycles. The quantitative estimate of drug-likeness (QED) is 0.751. The Balaban J connectivity index is 2.28. The number of hydrogen-bond donors (Lipinski definition) is 1. The molecule has 106 valence electrons. The van der Waals surface area contributed by atoms with Gasteiger partial charge in [0, 0.05) is 15.0 Å². The molecule has 2 N–H and O–H groups in total. The molecular formula is C16H16Br2FN. The van der Waals surface area contributed by atoms with Crippen molar-refractivity contribution in [3.05, 3.63) is 67.3 Å². The van der Waals surface area contributed by atoms with Gasteiger partial charge < -0.3 is 5.73 Å². The molecule has 20 heavy (non-hydrogen) atoms. The largest absolute Gasteiger partial charge is 0.324 e. The SMILES string of the molecule is Cc1cc(C(N)Cc2cc(Br)ccc2F)cc(C)c1Br. The second kappa shape index (κ2) is 6.37. The summed E-state index contributed by atoms with van der Waals surface area (Å²) in [6.07, 6.45) is 0.478. The lowest BCUT2D eigenvalue weighted by Gasteiger charge is -2.16. The van der Waals surface area contributed by atoms with Gasteiger partial charge in [0.2, 0.25) is 0 Å². The zero-order valence-corrected chi connectivity index (χ0v) is 14.6. The van der Waals surface area contributed by atoms with Crippen LogP contribution in [0.2, 0.25) is 0 Å². The molecule has 2 aromatic rings. The van der Waals surface area contributed by atoms with Gasteiger partial charge in [-0.15, -0.1) is 0 Å². The average molecular weight is 401 g/mol. The smallest absolute Gasteiger partial charge is 0.126 e. The third-order valence-electron chi connectivity index (χ3n) is 3.33. The van der Waals surface area contributed by atoms with Crippen molar-refractivity contribution in [3.63, 3.8) is 0 Å². The number of hydrogen-bond acceptors (Lipinski definition) is 1. The number of aryl methyl sites for hydroxylation is 2. The normalized spacial score (nSPS) is 12.5. The van der Waals surface area contributed by atoms with Gasteiger partial charge in [0.05, 0.1) is 0 Å². The molecule has 0 aliphatic rings. The van der Waals surface area contributed by atoms with Gasteiger partial charge >= 0.3 is 0 Å². The second-order valence-electron chi connectivity index (χ2n) is 5.02. The predicted molar refractivity (Wildman–Crippen MR) is 88.3 cm³/mol. The van der Waals surface area contributed by atoms with Crippen LogP contribution in [0.1, 0.15) is 28.3 Å².